The zero-order valence-corrected chi connectivity index (χ0v) is 10.7. The van der Waals surface area contributed by atoms with Gasteiger partial charge in [0.05, 0.1) is 0 Å². The van der Waals surface area contributed by atoms with Crippen molar-refractivity contribution in [2.24, 2.45) is 5.92 Å². The van der Waals surface area contributed by atoms with Gasteiger partial charge in [0.25, 0.3) is 0 Å². The number of rotatable bonds is 4. The summed E-state index contributed by atoms with van der Waals surface area (Å²) in [6.07, 6.45) is -2.17. The van der Waals surface area contributed by atoms with Crippen LogP contribution in [0.25, 0.3) is 0 Å². The van der Waals surface area contributed by atoms with Crippen molar-refractivity contribution in [1.29, 1.82) is 0 Å². The number of nitrogens with one attached hydrogen (secondary N) is 1. The van der Waals surface area contributed by atoms with Crippen molar-refractivity contribution in [2.45, 2.75) is 25.6 Å². The van der Waals surface area contributed by atoms with Gasteiger partial charge in [-0.15, -0.1) is 0 Å². The molecule has 0 atom stereocenters. The van der Waals surface area contributed by atoms with E-state index in [0.717, 1.165) is 25.1 Å². The maximum absolute atomic E-state index is 13.3. The van der Waals surface area contributed by atoms with Crippen molar-refractivity contribution in [2.75, 3.05) is 7.05 Å². The normalized spacial score (nSPS) is 15.2. The number of hydrogen-bond acceptors (Lipinski definition) is 3. The molecular formula is C12H13F4N3O. The van der Waals surface area contributed by atoms with Gasteiger partial charge >= 0.3 is 6.18 Å². The Hall–Kier alpha value is -1.70. The molecule has 1 aliphatic rings. The van der Waals surface area contributed by atoms with Crippen LogP contribution in [0.2, 0.25) is 0 Å². The summed E-state index contributed by atoms with van der Waals surface area (Å²) < 4.78 is 50.3. The summed E-state index contributed by atoms with van der Waals surface area (Å²) in [4.78, 5) is 14.7. The van der Waals surface area contributed by atoms with Crippen molar-refractivity contribution in [1.82, 2.24) is 15.4 Å². The van der Waals surface area contributed by atoms with Gasteiger partial charge in [0.2, 0.25) is 5.91 Å². The van der Waals surface area contributed by atoms with Crippen LogP contribution in [0, 0.1) is 11.7 Å². The molecule has 1 amide bonds. The van der Waals surface area contributed by atoms with Crippen LogP contribution >= 0.6 is 0 Å². The third-order valence-corrected chi connectivity index (χ3v) is 2.94. The molecule has 0 spiro atoms. The van der Waals surface area contributed by atoms with E-state index in [1.807, 2.05) is 0 Å². The second-order valence-corrected chi connectivity index (χ2v) is 4.68. The van der Waals surface area contributed by atoms with Gasteiger partial charge < -0.3 is 0 Å². The molecule has 1 saturated carbocycles. The zero-order valence-electron chi connectivity index (χ0n) is 10.7. The van der Waals surface area contributed by atoms with E-state index in [9.17, 15) is 22.4 Å². The monoisotopic (exact) mass is 291 g/mol. The summed E-state index contributed by atoms with van der Waals surface area (Å²) in [5.41, 5.74) is 1.39. The number of halogens is 4. The van der Waals surface area contributed by atoms with Crippen molar-refractivity contribution in [3.63, 3.8) is 0 Å². The molecule has 4 nitrogen and oxygen atoms in total. The van der Waals surface area contributed by atoms with Crippen molar-refractivity contribution >= 4 is 5.91 Å². The van der Waals surface area contributed by atoms with Gasteiger partial charge in [-0.2, -0.15) is 13.2 Å². The smallest absolute Gasteiger partial charge is 0.281 e. The summed E-state index contributed by atoms with van der Waals surface area (Å²) >= 11 is 0. The van der Waals surface area contributed by atoms with Crippen LogP contribution in [-0.4, -0.2) is 22.9 Å². The lowest BCUT2D eigenvalue weighted by Gasteiger charge is -2.18. The highest BCUT2D eigenvalue weighted by Gasteiger charge is 2.36. The van der Waals surface area contributed by atoms with E-state index in [2.05, 4.69) is 10.4 Å². The van der Waals surface area contributed by atoms with Gasteiger partial charge in [-0.05, 0) is 24.5 Å². The average molecular weight is 291 g/mol. The Morgan fingerprint density at radius 1 is 1.50 bits per heavy atom. The fourth-order valence-corrected chi connectivity index (χ4v) is 1.67. The van der Waals surface area contributed by atoms with E-state index >= 15 is 0 Å². The third kappa shape index (κ3) is 3.44. The first-order valence-electron chi connectivity index (χ1n) is 6.01. The number of hydrogen-bond donors (Lipinski definition) is 1. The average Bonchev–Trinajstić information content (AvgIpc) is 3.17. The van der Waals surface area contributed by atoms with Gasteiger partial charge in [-0.1, -0.05) is 0 Å². The standard InChI is InChI=1S/C12H13F4N3O/c1-19(11(20)8-2-3-8)18-6-7-4-9(13)10(17-5-7)12(14,15)16/h4-5,8,18H,2-3,6H2,1H3. The van der Waals surface area contributed by atoms with E-state index in [1.54, 1.807) is 0 Å². The molecule has 0 bridgehead atoms. The summed E-state index contributed by atoms with van der Waals surface area (Å²) in [6, 6.07) is 0.762. The Morgan fingerprint density at radius 3 is 2.65 bits per heavy atom. The van der Waals surface area contributed by atoms with E-state index in [1.165, 1.54) is 12.1 Å². The predicted octanol–water partition coefficient (Wildman–Crippen LogP) is 2.11. The molecule has 1 aromatic rings. The van der Waals surface area contributed by atoms with E-state index < -0.39 is 17.7 Å². The fourth-order valence-electron chi connectivity index (χ4n) is 1.67. The zero-order chi connectivity index (χ0) is 14.9. The number of aromatic nitrogens is 1. The Bertz CT molecular complexity index is 514. The third-order valence-electron chi connectivity index (χ3n) is 2.94. The van der Waals surface area contributed by atoms with E-state index in [4.69, 9.17) is 0 Å². The molecule has 0 radical (unpaired) electrons. The highest BCUT2D eigenvalue weighted by atomic mass is 19.4. The minimum absolute atomic E-state index is 0.0231. The van der Waals surface area contributed by atoms with Gasteiger partial charge in [0.1, 0.15) is 0 Å². The molecule has 0 unspecified atom stereocenters. The second kappa shape index (κ2) is 5.35. The van der Waals surface area contributed by atoms with E-state index in [0.29, 0.717) is 0 Å². The molecular weight excluding hydrogens is 278 g/mol. The molecule has 20 heavy (non-hydrogen) atoms. The van der Waals surface area contributed by atoms with Crippen LogP contribution in [0.15, 0.2) is 12.3 Å². The summed E-state index contributed by atoms with van der Waals surface area (Å²) in [5.74, 6) is -1.48. The molecule has 2 rings (SSSR count). The molecule has 1 fully saturated rings. The lowest BCUT2D eigenvalue weighted by atomic mass is 10.2. The molecule has 1 N–H and O–H groups in total. The molecule has 0 saturated heterocycles. The summed E-state index contributed by atoms with van der Waals surface area (Å²) in [7, 11) is 1.52. The van der Waals surface area contributed by atoms with Crippen LogP contribution in [0.4, 0.5) is 17.6 Å². The summed E-state index contributed by atoms with van der Waals surface area (Å²) in [5, 5.41) is 1.27. The SMILES string of the molecule is CN(NCc1cnc(C(F)(F)F)c(F)c1)C(=O)C1CC1. The first-order valence-corrected chi connectivity index (χ1v) is 6.01. The Morgan fingerprint density at radius 2 is 2.15 bits per heavy atom. The van der Waals surface area contributed by atoms with Gasteiger partial charge in [-0.25, -0.2) is 14.8 Å². The number of alkyl halides is 3. The van der Waals surface area contributed by atoms with Crippen molar-refractivity contribution in [3.05, 3.63) is 29.3 Å². The van der Waals surface area contributed by atoms with Gasteiger partial charge in [0.15, 0.2) is 11.5 Å². The van der Waals surface area contributed by atoms with Crippen LogP contribution in [-0.2, 0) is 17.5 Å². The quantitative estimate of drug-likeness (QED) is 0.682. The number of hydrazine groups is 1. The van der Waals surface area contributed by atoms with Crippen LogP contribution in [0.3, 0.4) is 0 Å². The Kier molecular flexibility index (Phi) is 3.94. The van der Waals surface area contributed by atoms with Gasteiger partial charge in [-0.3, -0.25) is 9.80 Å². The molecule has 8 heteroatoms. The topological polar surface area (TPSA) is 45.2 Å². The number of carbonyl (C=O) groups is 1. The maximum Gasteiger partial charge on any atom is 0.436 e. The number of pyridine rings is 1. The molecule has 110 valence electrons. The Labute approximate surface area is 112 Å². The van der Waals surface area contributed by atoms with Crippen LogP contribution in [0.5, 0.6) is 0 Å². The second-order valence-electron chi connectivity index (χ2n) is 4.68. The van der Waals surface area contributed by atoms with E-state index in [-0.39, 0.29) is 23.9 Å². The minimum atomic E-state index is -4.81. The molecule has 1 aromatic heterocycles. The Balaban J connectivity index is 1.96. The highest BCUT2D eigenvalue weighted by Crippen LogP contribution is 2.30. The van der Waals surface area contributed by atoms with Crippen LogP contribution < -0.4 is 5.43 Å². The lowest BCUT2D eigenvalue weighted by Crippen LogP contribution is -2.40. The van der Waals surface area contributed by atoms with Gasteiger partial charge in [0, 0.05) is 25.7 Å². The largest absolute Gasteiger partial charge is 0.436 e. The molecule has 1 aliphatic carbocycles. The predicted molar refractivity (Wildman–Crippen MR) is 61.5 cm³/mol. The number of amides is 1. The molecule has 0 aliphatic heterocycles. The molecule has 1 heterocycles. The minimum Gasteiger partial charge on any atom is -0.281 e. The number of nitrogens with zero attached hydrogens (tertiary/aromatic N) is 2. The first-order chi connectivity index (χ1) is 9.29. The number of carbonyl (C=O) groups excluding carboxylic acids is 1. The van der Waals surface area contributed by atoms with Crippen LogP contribution in [0.1, 0.15) is 24.1 Å². The lowest BCUT2D eigenvalue weighted by molar-refractivity contribution is -0.143. The van der Waals surface area contributed by atoms with Crippen molar-refractivity contribution in [3.8, 4) is 0 Å². The van der Waals surface area contributed by atoms with Crippen molar-refractivity contribution < 1.29 is 22.4 Å². The fraction of sp³-hybridized carbons (Fsp3) is 0.500. The molecule has 0 aromatic carbocycles. The maximum atomic E-state index is 13.3. The summed E-state index contributed by atoms with van der Waals surface area (Å²) in [6.45, 7) is 0.0248. The highest BCUT2D eigenvalue weighted by molar-refractivity contribution is 5.80. The first kappa shape index (κ1) is 14.7.